The van der Waals surface area contributed by atoms with Gasteiger partial charge in [0.15, 0.2) is 0 Å². The van der Waals surface area contributed by atoms with Crippen LogP contribution in [-0.2, 0) is 9.53 Å². The van der Waals surface area contributed by atoms with Gasteiger partial charge in [-0.3, -0.25) is 10.1 Å². The Morgan fingerprint density at radius 3 is 2.55 bits per heavy atom. The van der Waals surface area contributed by atoms with Crippen LogP contribution in [0.2, 0.25) is 0 Å². The van der Waals surface area contributed by atoms with Gasteiger partial charge in [0.1, 0.15) is 5.82 Å². The molecule has 0 heterocycles. The van der Waals surface area contributed by atoms with Crippen LogP contribution in [0.25, 0.3) is 0 Å². The van der Waals surface area contributed by atoms with Gasteiger partial charge in [-0.25, -0.2) is 14.0 Å². The predicted molar refractivity (Wildman–Crippen MR) is 78.2 cm³/mol. The molecule has 0 saturated heterocycles. The van der Waals surface area contributed by atoms with Gasteiger partial charge >= 0.3 is 12.0 Å². The topological polar surface area (TPSA) is 96.5 Å². The van der Waals surface area contributed by atoms with Crippen LogP contribution in [0.4, 0.5) is 14.9 Å². The zero-order chi connectivity index (χ0) is 16.7. The minimum absolute atomic E-state index is 0.0252. The number of anilines is 1. The van der Waals surface area contributed by atoms with E-state index in [2.05, 4.69) is 20.7 Å². The van der Waals surface area contributed by atoms with Crippen LogP contribution in [0.1, 0.15) is 22.8 Å². The molecule has 0 aliphatic heterocycles. The third-order valence-corrected chi connectivity index (χ3v) is 2.80. The van der Waals surface area contributed by atoms with Gasteiger partial charge in [-0.15, -0.1) is 0 Å². The molecule has 0 aromatic heterocycles. The summed E-state index contributed by atoms with van der Waals surface area (Å²) in [6, 6.07) is 1.82. The van der Waals surface area contributed by atoms with E-state index in [1.165, 1.54) is 20.1 Å². The summed E-state index contributed by atoms with van der Waals surface area (Å²) in [5, 5.41) is 7.18. The highest BCUT2D eigenvalue weighted by Gasteiger charge is 2.14. The maximum atomic E-state index is 13.8. The highest BCUT2D eigenvalue weighted by molar-refractivity contribution is 5.96. The maximum Gasteiger partial charge on any atom is 0.338 e. The Labute approximate surface area is 127 Å². The van der Waals surface area contributed by atoms with E-state index in [1.807, 2.05) is 0 Å². The van der Waals surface area contributed by atoms with Crippen LogP contribution in [0.5, 0.6) is 0 Å². The van der Waals surface area contributed by atoms with Gasteiger partial charge < -0.3 is 15.4 Å². The molecule has 1 aromatic carbocycles. The zero-order valence-corrected chi connectivity index (χ0v) is 12.6. The van der Waals surface area contributed by atoms with Gasteiger partial charge in [-0.05, 0) is 26.0 Å². The summed E-state index contributed by atoms with van der Waals surface area (Å²) < 4.78 is 18.3. The van der Waals surface area contributed by atoms with Crippen molar-refractivity contribution >= 4 is 23.6 Å². The molecule has 3 N–H and O–H groups in total. The third kappa shape index (κ3) is 4.72. The molecule has 0 unspecified atom stereocenters. The summed E-state index contributed by atoms with van der Waals surface area (Å²) in [6.45, 7) is 3.35. The third-order valence-electron chi connectivity index (χ3n) is 2.80. The van der Waals surface area contributed by atoms with Crippen molar-refractivity contribution in [3.05, 3.63) is 29.1 Å². The van der Waals surface area contributed by atoms with E-state index in [-0.39, 0.29) is 23.4 Å². The SMILES string of the molecule is CCNC(=O)NC(=O)CNc1cc(C(=O)OC)cc(F)c1C. The Hall–Kier alpha value is -2.64. The first-order valence-corrected chi connectivity index (χ1v) is 6.59. The molecular formula is C14H18FN3O4. The van der Waals surface area contributed by atoms with Crippen LogP contribution in [0.15, 0.2) is 12.1 Å². The number of ether oxygens (including phenoxy) is 1. The van der Waals surface area contributed by atoms with Crippen LogP contribution in [-0.4, -0.2) is 38.1 Å². The monoisotopic (exact) mass is 311 g/mol. The molecule has 120 valence electrons. The van der Waals surface area contributed by atoms with Gasteiger partial charge in [0, 0.05) is 17.8 Å². The Morgan fingerprint density at radius 1 is 1.27 bits per heavy atom. The van der Waals surface area contributed by atoms with E-state index < -0.39 is 23.7 Å². The fourth-order valence-corrected chi connectivity index (χ4v) is 1.65. The number of carbonyl (C=O) groups is 3. The first-order valence-electron chi connectivity index (χ1n) is 6.59. The first-order chi connectivity index (χ1) is 10.4. The number of urea groups is 1. The minimum Gasteiger partial charge on any atom is -0.465 e. The molecule has 0 aliphatic carbocycles. The fourth-order valence-electron chi connectivity index (χ4n) is 1.65. The lowest BCUT2D eigenvalue weighted by atomic mass is 10.1. The zero-order valence-electron chi connectivity index (χ0n) is 12.6. The van der Waals surface area contributed by atoms with Crippen molar-refractivity contribution in [2.45, 2.75) is 13.8 Å². The first kappa shape index (κ1) is 17.4. The highest BCUT2D eigenvalue weighted by Crippen LogP contribution is 2.21. The van der Waals surface area contributed by atoms with E-state index in [9.17, 15) is 18.8 Å². The van der Waals surface area contributed by atoms with E-state index in [0.717, 1.165) is 6.07 Å². The normalized spacial score (nSPS) is 9.82. The van der Waals surface area contributed by atoms with Crippen molar-refractivity contribution in [3.8, 4) is 0 Å². The molecule has 0 saturated carbocycles. The van der Waals surface area contributed by atoms with Crippen molar-refractivity contribution in [2.75, 3.05) is 25.5 Å². The smallest absolute Gasteiger partial charge is 0.338 e. The van der Waals surface area contributed by atoms with E-state index in [1.54, 1.807) is 6.92 Å². The van der Waals surface area contributed by atoms with Crippen LogP contribution < -0.4 is 16.0 Å². The second kappa shape index (κ2) is 7.96. The molecule has 7 nitrogen and oxygen atoms in total. The molecule has 0 fully saturated rings. The summed E-state index contributed by atoms with van der Waals surface area (Å²) in [5.74, 6) is -1.88. The van der Waals surface area contributed by atoms with Crippen LogP contribution >= 0.6 is 0 Å². The Balaban J connectivity index is 2.76. The van der Waals surface area contributed by atoms with Gasteiger partial charge in [-0.2, -0.15) is 0 Å². The fraction of sp³-hybridized carbons (Fsp3) is 0.357. The number of halogens is 1. The van der Waals surface area contributed by atoms with Crippen molar-refractivity contribution < 1.29 is 23.5 Å². The largest absolute Gasteiger partial charge is 0.465 e. The molecule has 0 atom stereocenters. The number of imide groups is 1. The summed E-state index contributed by atoms with van der Waals surface area (Å²) >= 11 is 0. The summed E-state index contributed by atoms with van der Waals surface area (Å²) in [6.07, 6.45) is 0. The minimum atomic E-state index is -0.686. The van der Waals surface area contributed by atoms with Gasteiger partial charge in [-0.1, -0.05) is 0 Å². The Morgan fingerprint density at radius 2 is 1.95 bits per heavy atom. The lowest BCUT2D eigenvalue weighted by Gasteiger charge is -2.12. The maximum absolute atomic E-state index is 13.8. The molecule has 0 spiro atoms. The number of hydrogen-bond acceptors (Lipinski definition) is 5. The van der Waals surface area contributed by atoms with Crippen molar-refractivity contribution in [1.29, 1.82) is 0 Å². The van der Waals surface area contributed by atoms with E-state index >= 15 is 0 Å². The number of rotatable bonds is 5. The molecule has 8 heteroatoms. The lowest BCUT2D eigenvalue weighted by molar-refractivity contribution is -0.118. The average Bonchev–Trinajstić information content (AvgIpc) is 2.47. The van der Waals surface area contributed by atoms with Gasteiger partial charge in [0.25, 0.3) is 0 Å². The van der Waals surface area contributed by atoms with Gasteiger partial charge in [0.2, 0.25) is 5.91 Å². The van der Waals surface area contributed by atoms with Gasteiger partial charge in [0.05, 0.1) is 19.2 Å². The second-order valence-corrected chi connectivity index (χ2v) is 4.38. The van der Waals surface area contributed by atoms with Crippen molar-refractivity contribution in [2.24, 2.45) is 0 Å². The van der Waals surface area contributed by atoms with E-state index in [4.69, 9.17) is 0 Å². The van der Waals surface area contributed by atoms with Crippen molar-refractivity contribution in [3.63, 3.8) is 0 Å². The summed E-state index contributed by atoms with van der Waals surface area (Å²) in [4.78, 5) is 34.2. The Bertz CT molecular complexity index is 590. The highest BCUT2D eigenvalue weighted by atomic mass is 19.1. The average molecular weight is 311 g/mol. The molecule has 1 aromatic rings. The van der Waals surface area contributed by atoms with Crippen LogP contribution in [0, 0.1) is 12.7 Å². The van der Waals surface area contributed by atoms with Crippen molar-refractivity contribution in [1.82, 2.24) is 10.6 Å². The molecular weight excluding hydrogens is 293 g/mol. The number of amides is 3. The molecule has 22 heavy (non-hydrogen) atoms. The molecule has 1 rings (SSSR count). The molecule has 0 bridgehead atoms. The quantitative estimate of drug-likeness (QED) is 0.710. The van der Waals surface area contributed by atoms with Crippen LogP contribution in [0.3, 0.4) is 0 Å². The standard InChI is InChI=1S/C14H18FN3O4/c1-4-16-14(21)18-12(19)7-17-11-6-9(13(20)22-3)5-10(15)8(11)2/h5-6,17H,4,7H2,1-3H3,(H2,16,18,19,21). The number of methoxy groups -OCH3 is 1. The lowest BCUT2D eigenvalue weighted by Crippen LogP contribution is -2.41. The predicted octanol–water partition coefficient (Wildman–Crippen LogP) is 1.18. The summed E-state index contributed by atoms with van der Waals surface area (Å²) in [7, 11) is 1.19. The Kier molecular flexibility index (Phi) is 6.30. The number of nitrogens with one attached hydrogen (secondary N) is 3. The molecule has 0 radical (unpaired) electrons. The number of benzene rings is 1. The number of carbonyl (C=O) groups excluding carboxylic acids is 3. The second-order valence-electron chi connectivity index (χ2n) is 4.38. The number of esters is 1. The summed E-state index contributed by atoms with van der Waals surface area (Å²) in [5.41, 5.74) is 0.544. The molecule has 3 amide bonds. The molecule has 0 aliphatic rings. The number of hydrogen-bond donors (Lipinski definition) is 3. The van der Waals surface area contributed by atoms with E-state index in [0.29, 0.717) is 6.54 Å².